The van der Waals surface area contributed by atoms with Gasteiger partial charge in [-0.3, -0.25) is 4.79 Å². The van der Waals surface area contributed by atoms with Crippen LogP contribution in [0.4, 0.5) is 13.2 Å². The van der Waals surface area contributed by atoms with Crippen molar-refractivity contribution in [3.63, 3.8) is 0 Å². The van der Waals surface area contributed by atoms with Crippen LogP contribution in [0.2, 0.25) is 0 Å². The fourth-order valence-corrected chi connectivity index (χ4v) is 4.14. The largest absolute Gasteiger partial charge is 0.449 e. The summed E-state index contributed by atoms with van der Waals surface area (Å²) in [5.74, 6) is -1.29. The SMILES string of the molecule is O=C(Cn1c(C(F)(F)F)nc2ccccc21)N1CCC2(CCNC2)CC1. The van der Waals surface area contributed by atoms with E-state index in [1.807, 2.05) is 0 Å². The van der Waals surface area contributed by atoms with Crippen molar-refractivity contribution in [2.24, 2.45) is 5.41 Å². The molecule has 2 aromatic rings. The van der Waals surface area contributed by atoms with Gasteiger partial charge in [0.25, 0.3) is 0 Å². The number of imidazole rings is 1. The first-order valence-electron chi connectivity index (χ1n) is 8.89. The van der Waals surface area contributed by atoms with E-state index in [0.717, 1.165) is 36.9 Å². The number of likely N-dealkylation sites (tertiary alicyclic amines) is 1. The maximum Gasteiger partial charge on any atom is 0.449 e. The Morgan fingerprint density at radius 3 is 2.58 bits per heavy atom. The molecule has 1 aromatic carbocycles. The van der Waals surface area contributed by atoms with Crippen molar-refractivity contribution in [3.8, 4) is 0 Å². The molecule has 4 rings (SSSR count). The molecular weight excluding hydrogens is 345 g/mol. The summed E-state index contributed by atoms with van der Waals surface area (Å²) in [6.07, 6.45) is -1.68. The van der Waals surface area contributed by atoms with E-state index < -0.39 is 12.0 Å². The summed E-state index contributed by atoms with van der Waals surface area (Å²) in [4.78, 5) is 18.1. The van der Waals surface area contributed by atoms with E-state index >= 15 is 0 Å². The van der Waals surface area contributed by atoms with Gasteiger partial charge in [0, 0.05) is 19.6 Å². The number of nitrogens with zero attached hydrogens (tertiary/aromatic N) is 3. The minimum Gasteiger partial charge on any atom is -0.341 e. The van der Waals surface area contributed by atoms with Gasteiger partial charge >= 0.3 is 6.18 Å². The maximum absolute atomic E-state index is 13.4. The van der Waals surface area contributed by atoms with Crippen LogP contribution in [0.5, 0.6) is 0 Å². The molecule has 1 N–H and O–H groups in total. The van der Waals surface area contributed by atoms with Crippen molar-refractivity contribution in [2.75, 3.05) is 26.2 Å². The highest BCUT2D eigenvalue weighted by molar-refractivity contribution is 5.81. The third-order valence-electron chi connectivity index (χ3n) is 5.71. The van der Waals surface area contributed by atoms with Gasteiger partial charge in [-0.15, -0.1) is 0 Å². The van der Waals surface area contributed by atoms with Crippen LogP contribution < -0.4 is 5.32 Å². The lowest BCUT2D eigenvalue weighted by atomic mass is 9.78. The number of hydrogen-bond donors (Lipinski definition) is 1. The quantitative estimate of drug-likeness (QED) is 0.889. The minimum atomic E-state index is -4.60. The molecule has 2 fully saturated rings. The average Bonchev–Trinajstić information content (AvgIpc) is 3.21. The molecule has 0 atom stereocenters. The van der Waals surface area contributed by atoms with Gasteiger partial charge in [0.2, 0.25) is 11.7 Å². The van der Waals surface area contributed by atoms with Crippen LogP contribution in [-0.4, -0.2) is 46.5 Å². The van der Waals surface area contributed by atoms with Crippen LogP contribution in [0.15, 0.2) is 24.3 Å². The van der Waals surface area contributed by atoms with Gasteiger partial charge in [0.15, 0.2) is 0 Å². The Morgan fingerprint density at radius 2 is 1.92 bits per heavy atom. The Balaban J connectivity index is 1.54. The summed E-state index contributed by atoms with van der Waals surface area (Å²) < 4.78 is 41.1. The first-order chi connectivity index (χ1) is 12.4. The molecule has 1 amide bonds. The lowest BCUT2D eigenvalue weighted by Gasteiger charge is -2.39. The summed E-state index contributed by atoms with van der Waals surface area (Å²) in [6, 6.07) is 6.40. The summed E-state index contributed by atoms with van der Waals surface area (Å²) >= 11 is 0. The number of alkyl halides is 3. The Labute approximate surface area is 149 Å². The Kier molecular flexibility index (Phi) is 4.17. The molecule has 140 valence electrons. The summed E-state index contributed by atoms with van der Waals surface area (Å²) in [6.45, 7) is 2.85. The van der Waals surface area contributed by atoms with Crippen molar-refractivity contribution >= 4 is 16.9 Å². The molecule has 0 bridgehead atoms. The molecule has 2 aliphatic rings. The second-order valence-electron chi connectivity index (χ2n) is 7.32. The monoisotopic (exact) mass is 366 g/mol. The molecule has 2 saturated heterocycles. The van der Waals surface area contributed by atoms with E-state index in [1.54, 1.807) is 23.1 Å². The molecule has 1 aromatic heterocycles. The molecule has 0 radical (unpaired) electrons. The van der Waals surface area contributed by atoms with Crippen molar-refractivity contribution in [2.45, 2.75) is 32.0 Å². The number of amides is 1. The highest BCUT2D eigenvalue weighted by Crippen LogP contribution is 2.37. The van der Waals surface area contributed by atoms with Gasteiger partial charge in [-0.1, -0.05) is 12.1 Å². The van der Waals surface area contributed by atoms with Crippen molar-refractivity contribution in [1.82, 2.24) is 19.8 Å². The molecule has 3 heterocycles. The third-order valence-corrected chi connectivity index (χ3v) is 5.71. The van der Waals surface area contributed by atoms with Gasteiger partial charge in [-0.25, -0.2) is 4.98 Å². The normalized spacial score (nSPS) is 20.2. The van der Waals surface area contributed by atoms with E-state index in [9.17, 15) is 18.0 Å². The van der Waals surface area contributed by atoms with Gasteiger partial charge in [-0.2, -0.15) is 13.2 Å². The standard InChI is InChI=1S/C18H21F3N4O/c19-18(20,21)16-23-13-3-1-2-4-14(13)25(16)11-15(26)24-9-6-17(7-10-24)5-8-22-12-17/h1-4,22H,5-12H2. The van der Waals surface area contributed by atoms with Crippen molar-refractivity contribution in [1.29, 1.82) is 0 Å². The number of hydrogen-bond acceptors (Lipinski definition) is 3. The number of nitrogens with one attached hydrogen (secondary N) is 1. The van der Waals surface area contributed by atoms with Crippen LogP contribution in [0.1, 0.15) is 25.1 Å². The van der Waals surface area contributed by atoms with Gasteiger partial charge in [0.05, 0.1) is 11.0 Å². The van der Waals surface area contributed by atoms with Crippen molar-refractivity contribution in [3.05, 3.63) is 30.1 Å². The molecular formula is C18H21F3N4O. The number of carbonyl (C=O) groups excluding carboxylic acids is 1. The average molecular weight is 366 g/mol. The smallest absolute Gasteiger partial charge is 0.341 e. The lowest BCUT2D eigenvalue weighted by Crippen LogP contribution is -2.45. The van der Waals surface area contributed by atoms with Gasteiger partial charge < -0.3 is 14.8 Å². The highest BCUT2D eigenvalue weighted by atomic mass is 19.4. The number of benzene rings is 1. The summed E-state index contributed by atoms with van der Waals surface area (Å²) in [7, 11) is 0. The molecule has 2 aliphatic heterocycles. The minimum absolute atomic E-state index is 0.252. The zero-order chi connectivity index (χ0) is 18.4. The number of piperidine rings is 1. The number of rotatable bonds is 2. The van der Waals surface area contributed by atoms with E-state index in [2.05, 4.69) is 10.3 Å². The third kappa shape index (κ3) is 3.06. The van der Waals surface area contributed by atoms with E-state index in [1.165, 1.54) is 6.07 Å². The number of para-hydroxylation sites is 2. The second kappa shape index (κ2) is 6.26. The number of carbonyl (C=O) groups is 1. The number of halogens is 3. The highest BCUT2D eigenvalue weighted by Gasteiger charge is 2.40. The Morgan fingerprint density at radius 1 is 1.19 bits per heavy atom. The summed E-state index contributed by atoms with van der Waals surface area (Å²) in [5.41, 5.74) is 0.846. The van der Waals surface area contributed by atoms with E-state index in [-0.39, 0.29) is 23.4 Å². The van der Waals surface area contributed by atoms with Crippen LogP contribution in [0.3, 0.4) is 0 Å². The zero-order valence-electron chi connectivity index (χ0n) is 14.4. The predicted molar refractivity (Wildman–Crippen MR) is 90.5 cm³/mol. The summed E-state index contributed by atoms with van der Waals surface area (Å²) in [5, 5.41) is 3.37. The fraction of sp³-hybridized carbons (Fsp3) is 0.556. The Hall–Kier alpha value is -2.09. The first kappa shape index (κ1) is 17.3. The fourth-order valence-electron chi connectivity index (χ4n) is 4.14. The van der Waals surface area contributed by atoms with Crippen molar-refractivity contribution < 1.29 is 18.0 Å². The molecule has 0 saturated carbocycles. The topological polar surface area (TPSA) is 50.2 Å². The molecule has 8 heteroatoms. The molecule has 0 aliphatic carbocycles. The first-order valence-corrected chi connectivity index (χ1v) is 8.89. The molecule has 0 unspecified atom stereocenters. The van der Waals surface area contributed by atoms with Crippen LogP contribution in [0, 0.1) is 5.41 Å². The van der Waals surface area contributed by atoms with Crippen LogP contribution >= 0.6 is 0 Å². The van der Waals surface area contributed by atoms with E-state index in [0.29, 0.717) is 18.6 Å². The van der Waals surface area contributed by atoms with Gasteiger partial charge in [0.1, 0.15) is 6.54 Å². The predicted octanol–water partition coefficient (Wildman–Crippen LogP) is 2.66. The maximum atomic E-state index is 13.4. The second-order valence-corrected chi connectivity index (χ2v) is 7.32. The Bertz CT molecular complexity index is 813. The van der Waals surface area contributed by atoms with Gasteiger partial charge in [-0.05, 0) is 43.4 Å². The van der Waals surface area contributed by atoms with Crippen LogP contribution in [0.25, 0.3) is 11.0 Å². The van der Waals surface area contributed by atoms with E-state index in [4.69, 9.17) is 0 Å². The van der Waals surface area contributed by atoms with Crippen LogP contribution in [-0.2, 0) is 17.5 Å². The molecule has 26 heavy (non-hydrogen) atoms. The number of aromatic nitrogens is 2. The lowest BCUT2D eigenvalue weighted by molar-refractivity contribution is -0.148. The number of fused-ring (bicyclic) bond motifs is 1. The molecule has 1 spiro atoms. The zero-order valence-corrected chi connectivity index (χ0v) is 14.4. The molecule has 5 nitrogen and oxygen atoms in total.